The third kappa shape index (κ3) is 5.13. The number of nitrogens with zero attached hydrogens (tertiary/aromatic N) is 2. The van der Waals surface area contributed by atoms with E-state index in [4.69, 9.17) is 0 Å². The summed E-state index contributed by atoms with van der Waals surface area (Å²) in [7, 11) is 0. The fraction of sp³-hybridized carbons (Fsp3) is 0.136. The summed E-state index contributed by atoms with van der Waals surface area (Å²) in [5, 5.41) is 2.94. The number of pyridine rings is 1. The highest BCUT2D eigenvalue weighted by molar-refractivity contribution is 8.01. The lowest BCUT2D eigenvalue weighted by Gasteiger charge is -2.08. The number of thioether (sulfide) groups is 1. The topological polar surface area (TPSA) is 64.0 Å². The third-order valence-corrected chi connectivity index (χ3v) is 6.54. The Balaban J connectivity index is 1.26. The van der Waals surface area contributed by atoms with Crippen LogP contribution in [-0.4, -0.2) is 21.2 Å². The van der Waals surface area contributed by atoms with Crippen molar-refractivity contribution in [1.29, 1.82) is 0 Å². The van der Waals surface area contributed by atoms with Crippen LogP contribution >= 0.6 is 23.1 Å². The normalized spacial score (nSPS) is 10.9. The summed E-state index contributed by atoms with van der Waals surface area (Å²) in [6.07, 6.45) is 1.78. The van der Waals surface area contributed by atoms with Crippen molar-refractivity contribution in [2.45, 2.75) is 17.4 Å². The van der Waals surface area contributed by atoms with Crippen LogP contribution in [0.1, 0.15) is 11.1 Å². The Morgan fingerprint density at radius 1 is 1.00 bits per heavy atom. The first-order valence-corrected chi connectivity index (χ1v) is 11.0. The molecule has 5 nitrogen and oxygen atoms in total. The second-order valence-corrected chi connectivity index (χ2v) is 8.75. The SMILES string of the molecule is O=C(CSc1nc2ccccc2s1)NCc1ccc(Cn2ccccc2=O)cc1. The molecular weight excluding hydrogens is 402 g/mol. The van der Waals surface area contributed by atoms with E-state index in [1.807, 2.05) is 54.6 Å². The molecule has 0 bridgehead atoms. The van der Waals surface area contributed by atoms with Crippen molar-refractivity contribution >= 4 is 39.2 Å². The van der Waals surface area contributed by atoms with Gasteiger partial charge in [0.25, 0.3) is 5.56 Å². The number of nitrogens with one attached hydrogen (secondary N) is 1. The molecule has 146 valence electrons. The predicted octanol–water partition coefficient (Wildman–Crippen LogP) is 3.91. The number of thiazole rings is 1. The Morgan fingerprint density at radius 3 is 2.55 bits per heavy atom. The summed E-state index contributed by atoms with van der Waals surface area (Å²) in [5.74, 6) is 0.323. The van der Waals surface area contributed by atoms with Crippen LogP contribution in [0.2, 0.25) is 0 Å². The van der Waals surface area contributed by atoms with Crippen molar-refractivity contribution in [2.75, 3.05) is 5.75 Å². The number of para-hydroxylation sites is 1. The quantitative estimate of drug-likeness (QED) is 0.460. The zero-order chi connectivity index (χ0) is 20.1. The van der Waals surface area contributed by atoms with Crippen LogP contribution in [0, 0.1) is 0 Å². The Kier molecular flexibility index (Phi) is 6.07. The minimum atomic E-state index is -0.0193. The molecule has 2 aromatic carbocycles. The van der Waals surface area contributed by atoms with Crippen molar-refractivity contribution < 1.29 is 4.79 Å². The number of fused-ring (bicyclic) bond motifs is 1. The average Bonchev–Trinajstić information content (AvgIpc) is 3.16. The molecule has 0 aliphatic rings. The largest absolute Gasteiger partial charge is 0.351 e. The predicted molar refractivity (Wildman–Crippen MR) is 118 cm³/mol. The minimum Gasteiger partial charge on any atom is -0.351 e. The zero-order valence-corrected chi connectivity index (χ0v) is 17.2. The number of rotatable bonds is 7. The van der Waals surface area contributed by atoms with Crippen LogP contribution in [0.15, 0.2) is 82.1 Å². The fourth-order valence-electron chi connectivity index (χ4n) is 2.84. The van der Waals surface area contributed by atoms with Crippen molar-refractivity contribution in [3.63, 3.8) is 0 Å². The van der Waals surface area contributed by atoms with E-state index in [1.165, 1.54) is 11.8 Å². The number of carbonyl (C=O) groups is 1. The summed E-state index contributed by atoms with van der Waals surface area (Å²) in [6, 6.07) is 21.0. The monoisotopic (exact) mass is 421 g/mol. The summed E-state index contributed by atoms with van der Waals surface area (Å²) in [5.41, 5.74) is 3.01. The highest BCUT2D eigenvalue weighted by atomic mass is 32.2. The van der Waals surface area contributed by atoms with Crippen LogP contribution in [-0.2, 0) is 17.9 Å². The van der Waals surface area contributed by atoms with Crippen LogP contribution in [0.5, 0.6) is 0 Å². The molecule has 0 radical (unpaired) electrons. The molecular formula is C22H19N3O2S2. The van der Waals surface area contributed by atoms with Gasteiger partial charge in [0.15, 0.2) is 4.34 Å². The van der Waals surface area contributed by atoms with E-state index in [2.05, 4.69) is 10.3 Å². The molecule has 7 heteroatoms. The molecule has 0 fully saturated rings. The van der Waals surface area contributed by atoms with E-state index in [0.29, 0.717) is 18.8 Å². The van der Waals surface area contributed by atoms with E-state index in [9.17, 15) is 9.59 Å². The van der Waals surface area contributed by atoms with Gasteiger partial charge in [0.1, 0.15) is 0 Å². The molecule has 0 spiro atoms. The van der Waals surface area contributed by atoms with Gasteiger partial charge in [-0.25, -0.2) is 4.98 Å². The molecule has 0 saturated carbocycles. The van der Waals surface area contributed by atoms with E-state index in [0.717, 1.165) is 25.7 Å². The van der Waals surface area contributed by atoms with Crippen molar-refractivity contribution in [1.82, 2.24) is 14.9 Å². The van der Waals surface area contributed by atoms with E-state index in [1.54, 1.807) is 34.2 Å². The van der Waals surface area contributed by atoms with Crippen LogP contribution in [0.3, 0.4) is 0 Å². The number of hydrogen-bond donors (Lipinski definition) is 1. The lowest BCUT2D eigenvalue weighted by molar-refractivity contribution is -0.118. The molecule has 4 rings (SSSR count). The maximum absolute atomic E-state index is 12.2. The van der Waals surface area contributed by atoms with Crippen molar-refractivity contribution in [3.05, 3.63) is 94.4 Å². The molecule has 0 aliphatic carbocycles. The number of amides is 1. The Bertz CT molecular complexity index is 1150. The Morgan fingerprint density at radius 2 is 1.76 bits per heavy atom. The lowest BCUT2D eigenvalue weighted by atomic mass is 10.1. The molecule has 2 heterocycles. The molecule has 4 aromatic rings. The van der Waals surface area contributed by atoms with Crippen LogP contribution in [0.4, 0.5) is 0 Å². The number of hydrogen-bond acceptors (Lipinski definition) is 5. The Labute approximate surface area is 176 Å². The molecule has 0 unspecified atom stereocenters. The van der Waals surface area contributed by atoms with Gasteiger partial charge in [0, 0.05) is 18.8 Å². The summed E-state index contributed by atoms with van der Waals surface area (Å²) in [4.78, 5) is 28.5. The number of carbonyl (C=O) groups excluding carboxylic acids is 1. The molecule has 0 atom stereocenters. The molecule has 1 N–H and O–H groups in total. The van der Waals surface area contributed by atoms with Gasteiger partial charge in [-0.05, 0) is 29.3 Å². The number of benzene rings is 2. The average molecular weight is 422 g/mol. The van der Waals surface area contributed by atoms with E-state index < -0.39 is 0 Å². The van der Waals surface area contributed by atoms with Gasteiger partial charge in [-0.2, -0.15) is 0 Å². The van der Waals surface area contributed by atoms with Crippen LogP contribution in [0.25, 0.3) is 10.2 Å². The van der Waals surface area contributed by atoms with Gasteiger partial charge in [0.2, 0.25) is 5.91 Å². The van der Waals surface area contributed by atoms with Gasteiger partial charge in [-0.15, -0.1) is 11.3 Å². The second-order valence-electron chi connectivity index (χ2n) is 6.50. The zero-order valence-electron chi connectivity index (χ0n) is 15.6. The maximum atomic E-state index is 12.2. The fourth-order valence-corrected chi connectivity index (χ4v) is 4.74. The standard InChI is InChI=1S/C22H19N3O2S2/c26-20(15-28-22-24-18-5-1-2-6-19(18)29-22)23-13-16-8-10-17(11-9-16)14-25-12-4-3-7-21(25)27/h1-12H,13-15H2,(H,23,26). The highest BCUT2D eigenvalue weighted by Gasteiger charge is 2.07. The van der Waals surface area contributed by atoms with Crippen LogP contribution < -0.4 is 10.9 Å². The van der Waals surface area contributed by atoms with Gasteiger partial charge in [-0.1, -0.05) is 54.2 Å². The first-order chi connectivity index (χ1) is 14.2. The van der Waals surface area contributed by atoms with Gasteiger partial charge < -0.3 is 9.88 Å². The first kappa shape index (κ1) is 19.4. The third-order valence-electron chi connectivity index (χ3n) is 4.37. The van der Waals surface area contributed by atoms with Gasteiger partial charge in [0.05, 0.1) is 22.5 Å². The molecule has 29 heavy (non-hydrogen) atoms. The first-order valence-electron chi connectivity index (χ1n) is 9.16. The summed E-state index contributed by atoms with van der Waals surface area (Å²) < 4.78 is 3.70. The summed E-state index contributed by atoms with van der Waals surface area (Å²) >= 11 is 3.06. The maximum Gasteiger partial charge on any atom is 0.250 e. The minimum absolute atomic E-state index is 0.0190. The lowest BCUT2D eigenvalue weighted by Crippen LogP contribution is -2.24. The molecule has 2 aromatic heterocycles. The van der Waals surface area contributed by atoms with E-state index in [-0.39, 0.29) is 11.5 Å². The summed E-state index contributed by atoms with van der Waals surface area (Å²) in [6.45, 7) is 1.01. The number of aromatic nitrogens is 2. The van der Waals surface area contributed by atoms with Gasteiger partial charge >= 0.3 is 0 Å². The molecule has 1 amide bonds. The second kappa shape index (κ2) is 9.07. The Hall–Kier alpha value is -2.90. The van der Waals surface area contributed by atoms with Crippen molar-refractivity contribution in [3.8, 4) is 0 Å². The highest BCUT2D eigenvalue weighted by Crippen LogP contribution is 2.29. The van der Waals surface area contributed by atoms with Crippen molar-refractivity contribution in [2.24, 2.45) is 0 Å². The van der Waals surface area contributed by atoms with E-state index >= 15 is 0 Å². The molecule has 0 saturated heterocycles. The van der Waals surface area contributed by atoms with Gasteiger partial charge in [-0.3, -0.25) is 9.59 Å². The smallest absolute Gasteiger partial charge is 0.250 e. The molecule has 0 aliphatic heterocycles.